The van der Waals surface area contributed by atoms with Crippen LogP contribution in [0.2, 0.25) is 0 Å². The van der Waals surface area contributed by atoms with Crippen LogP contribution >= 0.6 is 0 Å². The van der Waals surface area contributed by atoms with Crippen LogP contribution in [0, 0.1) is 17.8 Å². The second kappa shape index (κ2) is 2.79. The van der Waals surface area contributed by atoms with Gasteiger partial charge < -0.3 is 5.11 Å². The molecule has 0 bridgehead atoms. The van der Waals surface area contributed by atoms with E-state index in [1.54, 1.807) is 0 Å². The maximum Gasteiger partial charge on any atom is 0.0940 e. The molecule has 2 atom stereocenters. The molecule has 2 rings (SSSR count). The highest BCUT2D eigenvalue weighted by Gasteiger charge is 2.38. The Balaban J connectivity index is 2.10. The highest BCUT2D eigenvalue weighted by Crippen LogP contribution is 2.50. The lowest BCUT2D eigenvalue weighted by Crippen LogP contribution is -2.18. The van der Waals surface area contributed by atoms with Gasteiger partial charge >= 0.3 is 0 Å². The number of aliphatic hydroxyl groups excluding tert-OH is 1. The lowest BCUT2D eigenvalue weighted by Gasteiger charge is -2.28. The van der Waals surface area contributed by atoms with E-state index in [0.717, 1.165) is 11.8 Å². The largest absolute Gasteiger partial charge is 0.512 e. The summed E-state index contributed by atoms with van der Waals surface area (Å²) < 4.78 is 0. The molecule has 0 aromatic carbocycles. The molecule has 0 spiro atoms. The van der Waals surface area contributed by atoms with Crippen LogP contribution in [0.15, 0.2) is 11.3 Å². The number of hydrogen-bond donors (Lipinski definition) is 1. The fourth-order valence-corrected chi connectivity index (χ4v) is 2.51. The van der Waals surface area contributed by atoms with Gasteiger partial charge in [0.25, 0.3) is 0 Å². The van der Waals surface area contributed by atoms with Crippen LogP contribution in [0.1, 0.15) is 39.5 Å². The quantitative estimate of drug-likeness (QED) is 0.593. The van der Waals surface area contributed by atoms with Gasteiger partial charge in [-0.3, -0.25) is 0 Å². The first-order valence-corrected chi connectivity index (χ1v) is 5.09. The Hall–Kier alpha value is -0.460. The topological polar surface area (TPSA) is 20.2 Å². The van der Waals surface area contributed by atoms with E-state index in [9.17, 15) is 5.11 Å². The van der Waals surface area contributed by atoms with Crippen molar-refractivity contribution in [1.29, 1.82) is 0 Å². The zero-order chi connectivity index (χ0) is 8.72. The van der Waals surface area contributed by atoms with E-state index >= 15 is 0 Å². The van der Waals surface area contributed by atoms with E-state index in [4.69, 9.17) is 0 Å². The van der Waals surface area contributed by atoms with Crippen LogP contribution in [-0.2, 0) is 0 Å². The number of aliphatic hydroxyl groups is 1. The first-order valence-electron chi connectivity index (χ1n) is 5.09. The van der Waals surface area contributed by atoms with Crippen LogP contribution in [0.5, 0.6) is 0 Å². The van der Waals surface area contributed by atoms with Crippen LogP contribution in [0.25, 0.3) is 0 Å². The molecule has 0 saturated heterocycles. The minimum absolute atomic E-state index is 0.331. The monoisotopic (exact) mass is 166 g/mol. The predicted molar refractivity (Wildman–Crippen MR) is 49.9 cm³/mol. The third-order valence-corrected chi connectivity index (χ3v) is 3.50. The molecule has 1 nitrogen and oxygen atoms in total. The molecule has 2 aliphatic carbocycles. The predicted octanol–water partition coefficient (Wildman–Crippen LogP) is 3.27. The summed E-state index contributed by atoms with van der Waals surface area (Å²) >= 11 is 0. The molecule has 1 heteroatoms. The third-order valence-electron chi connectivity index (χ3n) is 3.50. The second-order valence-corrected chi connectivity index (χ2v) is 4.65. The summed E-state index contributed by atoms with van der Waals surface area (Å²) in [7, 11) is 0. The van der Waals surface area contributed by atoms with Crippen LogP contribution in [0.3, 0.4) is 0 Å². The highest BCUT2D eigenvalue weighted by atomic mass is 16.3. The van der Waals surface area contributed by atoms with E-state index in [1.807, 2.05) is 0 Å². The van der Waals surface area contributed by atoms with Crippen molar-refractivity contribution in [2.45, 2.75) is 39.5 Å². The molecule has 12 heavy (non-hydrogen) atoms. The first-order chi connectivity index (χ1) is 5.68. The SMILES string of the molecule is CC(C)C(O)=C1CC2CC[C@H]2C1. The molecule has 2 fully saturated rings. The third kappa shape index (κ3) is 1.16. The van der Waals surface area contributed by atoms with Crippen molar-refractivity contribution in [3.8, 4) is 0 Å². The van der Waals surface area contributed by atoms with Gasteiger partial charge in [0.15, 0.2) is 0 Å². The van der Waals surface area contributed by atoms with Crippen LogP contribution < -0.4 is 0 Å². The van der Waals surface area contributed by atoms with Crippen molar-refractivity contribution < 1.29 is 5.11 Å². The summed E-state index contributed by atoms with van der Waals surface area (Å²) in [4.78, 5) is 0. The minimum Gasteiger partial charge on any atom is -0.512 e. The number of hydrogen-bond acceptors (Lipinski definition) is 1. The molecule has 0 aromatic heterocycles. The summed E-state index contributed by atoms with van der Waals surface area (Å²) in [5.41, 5.74) is 1.36. The van der Waals surface area contributed by atoms with Gasteiger partial charge in [0.2, 0.25) is 0 Å². The molecule has 0 aromatic rings. The lowest BCUT2D eigenvalue weighted by molar-refractivity contribution is 0.219. The zero-order valence-electron chi connectivity index (χ0n) is 8.01. The molecular weight excluding hydrogens is 148 g/mol. The Morgan fingerprint density at radius 2 is 1.75 bits per heavy atom. The van der Waals surface area contributed by atoms with Crippen molar-refractivity contribution >= 4 is 0 Å². The molecule has 2 aliphatic rings. The average molecular weight is 166 g/mol. The molecule has 1 N–H and O–H groups in total. The van der Waals surface area contributed by atoms with E-state index in [2.05, 4.69) is 13.8 Å². The number of rotatable bonds is 1. The van der Waals surface area contributed by atoms with Gasteiger partial charge in [-0.1, -0.05) is 13.8 Å². The minimum atomic E-state index is 0.331. The summed E-state index contributed by atoms with van der Waals surface area (Å²) in [5.74, 6) is 2.88. The fourth-order valence-electron chi connectivity index (χ4n) is 2.51. The van der Waals surface area contributed by atoms with Crippen molar-refractivity contribution in [3.63, 3.8) is 0 Å². The maximum atomic E-state index is 9.77. The zero-order valence-corrected chi connectivity index (χ0v) is 8.01. The summed E-state index contributed by atoms with van der Waals surface area (Å²) in [6.45, 7) is 4.14. The van der Waals surface area contributed by atoms with Gasteiger partial charge in [0, 0.05) is 5.92 Å². The van der Waals surface area contributed by atoms with Gasteiger partial charge in [-0.05, 0) is 43.1 Å². The van der Waals surface area contributed by atoms with E-state index < -0.39 is 0 Å². The van der Waals surface area contributed by atoms with Crippen molar-refractivity contribution in [2.24, 2.45) is 17.8 Å². The number of allylic oxidation sites excluding steroid dienone is 2. The van der Waals surface area contributed by atoms with Gasteiger partial charge in [0.05, 0.1) is 5.76 Å². The Kier molecular flexibility index (Phi) is 1.90. The Labute approximate surface area is 74.5 Å². The van der Waals surface area contributed by atoms with Crippen LogP contribution in [-0.4, -0.2) is 5.11 Å². The second-order valence-electron chi connectivity index (χ2n) is 4.65. The number of fused-ring (bicyclic) bond motifs is 1. The normalized spacial score (nSPS) is 37.9. The Morgan fingerprint density at radius 3 is 2.08 bits per heavy atom. The molecule has 68 valence electrons. The molecule has 2 saturated carbocycles. The van der Waals surface area contributed by atoms with Crippen molar-refractivity contribution in [2.75, 3.05) is 0 Å². The van der Waals surface area contributed by atoms with E-state index in [0.29, 0.717) is 11.7 Å². The van der Waals surface area contributed by atoms with Gasteiger partial charge in [-0.2, -0.15) is 0 Å². The fraction of sp³-hybridized carbons (Fsp3) is 0.818. The molecule has 0 amide bonds. The summed E-state index contributed by atoms with van der Waals surface area (Å²) in [5, 5.41) is 9.77. The maximum absolute atomic E-state index is 9.77. The smallest absolute Gasteiger partial charge is 0.0940 e. The molecule has 1 unspecified atom stereocenters. The highest BCUT2D eigenvalue weighted by molar-refractivity contribution is 5.18. The first kappa shape index (κ1) is 8.15. The summed E-state index contributed by atoms with van der Waals surface area (Å²) in [6.07, 6.45) is 5.18. The molecule has 0 heterocycles. The van der Waals surface area contributed by atoms with Crippen molar-refractivity contribution in [1.82, 2.24) is 0 Å². The van der Waals surface area contributed by atoms with Crippen LogP contribution in [0.4, 0.5) is 0 Å². The summed E-state index contributed by atoms with van der Waals surface area (Å²) in [6, 6.07) is 0. The lowest BCUT2D eigenvalue weighted by atomic mass is 9.77. The standard InChI is InChI=1S/C11H18O/c1-7(2)11(12)10-5-8-3-4-9(8)6-10/h7-9,12H,3-6H2,1-2H3/t8-,9?/m0/s1. The van der Waals surface area contributed by atoms with Gasteiger partial charge in [-0.25, -0.2) is 0 Å². The Bertz CT molecular complexity index is 201. The van der Waals surface area contributed by atoms with Gasteiger partial charge in [-0.15, -0.1) is 0 Å². The average Bonchev–Trinajstić information content (AvgIpc) is 2.27. The molecule has 0 radical (unpaired) electrons. The molecular formula is C11H18O. The molecule has 0 aliphatic heterocycles. The van der Waals surface area contributed by atoms with E-state index in [1.165, 1.54) is 31.3 Å². The Morgan fingerprint density at radius 1 is 1.25 bits per heavy atom. The van der Waals surface area contributed by atoms with Crippen molar-refractivity contribution in [3.05, 3.63) is 11.3 Å². The van der Waals surface area contributed by atoms with E-state index in [-0.39, 0.29) is 0 Å². The van der Waals surface area contributed by atoms with Gasteiger partial charge in [0.1, 0.15) is 0 Å².